The molecule has 1 unspecified atom stereocenters. The van der Waals surface area contributed by atoms with Gasteiger partial charge in [-0.1, -0.05) is 22.9 Å². The zero-order chi connectivity index (χ0) is 13.0. The van der Waals surface area contributed by atoms with Gasteiger partial charge in [-0.15, -0.1) is 0 Å². The van der Waals surface area contributed by atoms with E-state index in [4.69, 9.17) is 9.47 Å². The molecule has 0 amide bonds. The smallest absolute Gasteiger partial charge is 0.161 e. The lowest BCUT2D eigenvalue weighted by atomic mass is 9.93. The van der Waals surface area contributed by atoms with Crippen molar-refractivity contribution in [2.75, 3.05) is 14.2 Å². The molecule has 1 aromatic rings. The van der Waals surface area contributed by atoms with Gasteiger partial charge >= 0.3 is 0 Å². The molecular formula is C13H17BrO3. The fraction of sp³-hybridized carbons (Fsp3) is 0.462. The number of ether oxygens (including phenoxy) is 2. The Balaban J connectivity index is 3.29. The van der Waals surface area contributed by atoms with Gasteiger partial charge in [0.15, 0.2) is 11.5 Å². The second-order valence-electron chi connectivity index (χ2n) is 3.80. The number of ketones is 1. The molecule has 0 saturated heterocycles. The molecule has 3 nitrogen and oxygen atoms in total. The van der Waals surface area contributed by atoms with Crippen LogP contribution in [0.4, 0.5) is 0 Å². The molecule has 0 spiro atoms. The van der Waals surface area contributed by atoms with E-state index in [1.54, 1.807) is 21.1 Å². The monoisotopic (exact) mass is 300 g/mol. The molecule has 0 heterocycles. The van der Waals surface area contributed by atoms with Crippen molar-refractivity contribution in [3.63, 3.8) is 0 Å². The van der Waals surface area contributed by atoms with Gasteiger partial charge < -0.3 is 9.47 Å². The third kappa shape index (κ3) is 3.00. The SMILES string of the molecule is CCC(C(C)=O)c1cc(OC)c(OC)cc1Br. The second-order valence-corrected chi connectivity index (χ2v) is 4.65. The summed E-state index contributed by atoms with van der Waals surface area (Å²) in [5, 5.41) is 0. The lowest BCUT2D eigenvalue weighted by molar-refractivity contribution is -0.118. The lowest BCUT2D eigenvalue weighted by Crippen LogP contribution is -2.09. The van der Waals surface area contributed by atoms with Crippen LogP contribution >= 0.6 is 15.9 Å². The van der Waals surface area contributed by atoms with E-state index in [1.807, 2.05) is 19.1 Å². The maximum absolute atomic E-state index is 11.6. The van der Waals surface area contributed by atoms with Gasteiger partial charge in [0.2, 0.25) is 0 Å². The Labute approximate surface area is 110 Å². The van der Waals surface area contributed by atoms with Crippen molar-refractivity contribution in [3.05, 3.63) is 22.2 Å². The molecule has 1 rings (SSSR count). The number of carbonyl (C=O) groups excluding carboxylic acids is 1. The van der Waals surface area contributed by atoms with Crippen molar-refractivity contribution in [1.82, 2.24) is 0 Å². The fourth-order valence-corrected chi connectivity index (χ4v) is 2.46. The number of carbonyl (C=O) groups is 1. The van der Waals surface area contributed by atoms with E-state index >= 15 is 0 Å². The summed E-state index contributed by atoms with van der Waals surface area (Å²) in [5.74, 6) is 1.34. The fourth-order valence-electron chi connectivity index (χ4n) is 1.86. The van der Waals surface area contributed by atoms with Crippen LogP contribution < -0.4 is 9.47 Å². The average Bonchev–Trinajstić information content (AvgIpc) is 2.31. The van der Waals surface area contributed by atoms with Crippen LogP contribution in [0.25, 0.3) is 0 Å². The van der Waals surface area contributed by atoms with E-state index in [0.29, 0.717) is 11.5 Å². The number of Topliss-reactive ketones (excluding diaryl/α,β-unsaturated/α-hetero) is 1. The Hall–Kier alpha value is -1.03. The van der Waals surface area contributed by atoms with E-state index in [0.717, 1.165) is 16.5 Å². The molecule has 0 aliphatic rings. The molecule has 0 bridgehead atoms. The van der Waals surface area contributed by atoms with Gasteiger partial charge in [0, 0.05) is 10.4 Å². The highest BCUT2D eigenvalue weighted by Crippen LogP contribution is 2.37. The van der Waals surface area contributed by atoms with Gasteiger partial charge in [-0.05, 0) is 31.0 Å². The normalized spacial score (nSPS) is 12.1. The van der Waals surface area contributed by atoms with E-state index in [1.165, 1.54) is 0 Å². The molecular weight excluding hydrogens is 284 g/mol. The Morgan fingerprint density at radius 2 is 1.82 bits per heavy atom. The van der Waals surface area contributed by atoms with Crippen LogP contribution in [0, 0.1) is 0 Å². The molecule has 0 saturated carbocycles. The molecule has 17 heavy (non-hydrogen) atoms. The van der Waals surface area contributed by atoms with Gasteiger partial charge in [-0.2, -0.15) is 0 Å². The zero-order valence-electron chi connectivity index (χ0n) is 10.5. The minimum atomic E-state index is -0.107. The number of hydrogen-bond donors (Lipinski definition) is 0. The highest BCUT2D eigenvalue weighted by molar-refractivity contribution is 9.10. The third-order valence-electron chi connectivity index (χ3n) is 2.78. The van der Waals surface area contributed by atoms with Crippen LogP contribution in [0.3, 0.4) is 0 Å². The van der Waals surface area contributed by atoms with Gasteiger partial charge in [0.05, 0.1) is 14.2 Å². The first kappa shape index (κ1) is 14.0. The maximum atomic E-state index is 11.6. The van der Waals surface area contributed by atoms with Gasteiger partial charge in [-0.25, -0.2) is 0 Å². The Bertz CT molecular complexity index is 415. The van der Waals surface area contributed by atoms with Crippen LogP contribution in [0.5, 0.6) is 11.5 Å². The summed E-state index contributed by atoms with van der Waals surface area (Å²) in [6.07, 6.45) is 0.767. The van der Waals surface area contributed by atoms with E-state index in [2.05, 4.69) is 15.9 Å². The van der Waals surface area contributed by atoms with Gasteiger partial charge in [-0.3, -0.25) is 4.79 Å². The molecule has 1 aromatic carbocycles. The quantitative estimate of drug-likeness (QED) is 0.834. The van der Waals surface area contributed by atoms with Crippen molar-refractivity contribution in [2.45, 2.75) is 26.2 Å². The summed E-state index contributed by atoms with van der Waals surface area (Å²) < 4.78 is 11.3. The lowest BCUT2D eigenvalue weighted by Gasteiger charge is -2.17. The zero-order valence-corrected chi connectivity index (χ0v) is 12.1. The molecule has 1 atom stereocenters. The first-order chi connectivity index (χ1) is 8.04. The molecule has 0 aliphatic heterocycles. The van der Waals surface area contributed by atoms with Crippen molar-refractivity contribution >= 4 is 21.7 Å². The number of halogens is 1. The Kier molecular flexibility index (Phi) is 5.00. The van der Waals surface area contributed by atoms with Crippen LogP contribution in [-0.2, 0) is 4.79 Å². The third-order valence-corrected chi connectivity index (χ3v) is 3.46. The first-order valence-electron chi connectivity index (χ1n) is 5.47. The highest BCUT2D eigenvalue weighted by atomic mass is 79.9. The predicted molar refractivity (Wildman–Crippen MR) is 71.0 cm³/mol. The van der Waals surface area contributed by atoms with E-state index in [-0.39, 0.29) is 11.7 Å². The summed E-state index contributed by atoms with van der Waals surface area (Å²) in [6.45, 7) is 3.60. The first-order valence-corrected chi connectivity index (χ1v) is 6.26. The number of rotatable bonds is 5. The Morgan fingerprint density at radius 1 is 1.29 bits per heavy atom. The molecule has 4 heteroatoms. The van der Waals surface area contributed by atoms with Crippen LogP contribution in [0.1, 0.15) is 31.7 Å². The van der Waals surface area contributed by atoms with Crippen LogP contribution in [0.2, 0.25) is 0 Å². The highest BCUT2D eigenvalue weighted by Gasteiger charge is 2.20. The standard InChI is InChI=1S/C13H17BrO3/c1-5-9(8(2)15)10-6-12(16-3)13(17-4)7-11(10)14/h6-7,9H,5H2,1-4H3. The Morgan fingerprint density at radius 3 is 2.24 bits per heavy atom. The number of methoxy groups -OCH3 is 2. The minimum Gasteiger partial charge on any atom is -0.493 e. The number of benzene rings is 1. The van der Waals surface area contributed by atoms with Crippen molar-refractivity contribution in [3.8, 4) is 11.5 Å². The summed E-state index contributed by atoms with van der Waals surface area (Å²) in [7, 11) is 3.18. The molecule has 0 aromatic heterocycles. The second kappa shape index (κ2) is 6.05. The molecule has 0 fully saturated rings. The summed E-state index contributed by atoms with van der Waals surface area (Å²) in [5.41, 5.74) is 0.942. The minimum absolute atomic E-state index is 0.107. The van der Waals surface area contributed by atoms with E-state index < -0.39 is 0 Å². The summed E-state index contributed by atoms with van der Waals surface area (Å²) in [6, 6.07) is 3.69. The topological polar surface area (TPSA) is 35.5 Å². The number of hydrogen-bond acceptors (Lipinski definition) is 3. The molecule has 0 aliphatic carbocycles. The van der Waals surface area contributed by atoms with Gasteiger partial charge in [0.1, 0.15) is 5.78 Å². The average molecular weight is 301 g/mol. The van der Waals surface area contributed by atoms with Gasteiger partial charge in [0.25, 0.3) is 0 Å². The van der Waals surface area contributed by atoms with Crippen LogP contribution in [0.15, 0.2) is 16.6 Å². The van der Waals surface area contributed by atoms with Crippen molar-refractivity contribution in [2.24, 2.45) is 0 Å². The molecule has 94 valence electrons. The summed E-state index contributed by atoms with van der Waals surface area (Å²) in [4.78, 5) is 11.6. The summed E-state index contributed by atoms with van der Waals surface area (Å²) >= 11 is 3.47. The largest absolute Gasteiger partial charge is 0.493 e. The van der Waals surface area contributed by atoms with Crippen molar-refractivity contribution in [1.29, 1.82) is 0 Å². The van der Waals surface area contributed by atoms with E-state index in [9.17, 15) is 4.79 Å². The van der Waals surface area contributed by atoms with Crippen molar-refractivity contribution < 1.29 is 14.3 Å². The maximum Gasteiger partial charge on any atom is 0.161 e. The van der Waals surface area contributed by atoms with Crippen LogP contribution in [-0.4, -0.2) is 20.0 Å². The molecule has 0 N–H and O–H groups in total. The molecule has 0 radical (unpaired) electrons. The predicted octanol–water partition coefficient (Wildman–Crippen LogP) is 3.55.